The molecule has 0 unspecified atom stereocenters. The summed E-state index contributed by atoms with van der Waals surface area (Å²) < 4.78 is 0. The molecule has 0 fully saturated rings. The highest BCUT2D eigenvalue weighted by Crippen LogP contribution is 1.89. The van der Waals surface area contributed by atoms with Crippen LogP contribution < -0.4 is 10.4 Å². The second kappa shape index (κ2) is 4.05. The Labute approximate surface area is 78.8 Å². The number of rotatable bonds is 2. The maximum atomic E-state index is 2.44. The Kier molecular flexibility index (Phi) is 3.29. The highest BCUT2D eigenvalue weighted by molar-refractivity contribution is 6.74. The van der Waals surface area contributed by atoms with Gasteiger partial charge in [-0.15, -0.1) is 0 Å². The van der Waals surface area contributed by atoms with Crippen LogP contribution in [0.25, 0.3) is 0 Å². The van der Waals surface area contributed by atoms with Crippen molar-refractivity contribution in [1.29, 1.82) is 0 Å². The third-order valence-electron chi connectivity index (χ3n) is 2.24. The molecule has 0 heterocycles. The molecule has 0 saturated carbocycles. The SMILES string of the molecule is C[SiH](C)c1cccc([SiH](C)C)c1. The van der Waals surface area contributed by atoms with E-state index in [1.807, 2.05) is 0 Å². The van der Waals surface area contributed by atoms with Crippen molar-refractivity contribution in [2.75, 3.05) is 0 Å². The van der Waals surface area contributed by atoms with Crippen molar-refractivity contribution in [3.05, 3.63) is 24.3 Å². The summed E-state index contributed by atoms with van der Waals surface area (Å²) in [6, 6.07) is 9.24. The zero-order valence-electron chi connectivity index (χ0n) is 8.46. The maximum absolute atomic E-state index is 2.44. The van der Waals surface area contributed by atoms with Crippen LogP contribution in [-0.2, 0) is 0 Å². The minimum Gasteiger partial charge on any atom is -0.0682 e. The summed E-state index contributed by atoms with van der Waals surface area (Å²) in [4.78, 5) is 0. The molecule has 66 valence electrons. The Morgan fingerprint density at radius 1 is 0.833 bits per heavy atom. The number of hydrogen-bond donors (Lipinski definition) is 0. The smallest absolute Gasteiger partial charge is 0.0647 e. The normalized spacial score (nSPS) is 11.2. The second-order valence-electron chi connectivity index (χ2n) is 3.98. The summed E-state index contributed by atoms with van der Waals surface area (Å²) in [6.07, 6.45) is 0. The zero-order chi connectivity index (χ0) is 9.14. The molecule has 2 heteroatoms. The van der Waals surface area contributed by atoms with Crippen LogP contribution in [0, 0.1) is 0 Å². The molecule has 0 spiro atoms. The Bertz CT molecular complexity index is 231. The quantitative estimate of drug-likeness (QED) is 0.618. The van der Waals surface area contributed by atoms with E-state index >= 15 is 0 Å². The Morgan fingerprint density at radius 2 is 1.25 bits per heavy atom. The van der Waals surface area contributed by atoms with Crippen LogP contribution in [0.1, 0.15) is 0 Å². The zero-order valence-corrected chi connectivity index (χ0v) is 10.8. The van der Waals surface area contributed by atoms with Gasteiger partial charge in [0.25, 0.3) is 0 Å². The van der Waals surface area contributed by atoms with Gasteiger partial charge >= 0.3 is 0 Å². The summed E-state index contributed by atoms with van der Waals surface area (Å²) in [5.74, 6) is 0. The minimum atomic E-state index is -0.576. The summed E-state index contributed by atoms with van der Waals surface area (Å²) in [5.41, 5.74) is 0. The van der Waals surface area contributed by atoms with Crippen molar-refractivity contribution in [3.63, 3.8) is 0 Å². The molecule has 1 aromatic carbocycles. The van der Waals surface area contributed by atoms with Gasteiger partial charge in [0.2, 0.25) is 0 Å². The molecule has 0 N–H and O–H groups in total. The predicted octanol–water partition coefficient (Wildman–Crippen LogP) is 1.07. The van der Waals surface area contributed by atoms with Gasteiger partial charge in [-0.2, -0.15) is 0 Å². The fourth-order valence-corrected chi connectivity index (χ4v) is 3.51. The highest BCUT2D eigenvalue weighted by Gasteiger charge is 2.03. The standard InChI is InChI=1S/C10H18Si2/c1-11(2)9-6-5-7-10(8-9)12(3)4/h5-8,11-12H,1-4H3. The van der Waals surface area contributed by atoms with Crippen LogP contribution in [0.5, 0.6) is 0 Å². The number of benzene rings is 1. The first kappa shape index (κ1) is 9.74. The molecular formula is C10H18Si2. The van der Waals surface area contributed by atoms with Gasteiger partial charge in [0.15, 0.2) is 0 Å². The van der Waals surface area contributed by atoms with Crippen molar-refractivity contribution < 1.29 is 0 Å². The molecule has 1 rings (SSSR count). The summed E-state index contributed by atoms with van der Waals surface area (Å²) in [6.45, 7) is 9.56. The molecule has 0 aromatic heterocycles. The summed E-state index contributed by atoms with van der Waals surface area (Å²) >= 11 is 0. The lowest BCUT2D eigenvalue weighted by Crippen LogP contribution is -2.31. The van der Waals surface area contributed by atoms with E-state index in [0.717, 1.165) is 0 Å². The van der Waals surface area contributed by atoms with E-state index in [0.29, 0.717) is 0 Å². The van der Waals surface area contributed by atoms with Crippen LogP contribution >= 0.6 is 0 Å². The van der Waals surface area contributed by atoms with Gasteiger partial charge in [0, 0.05) is 0 Å². The first-order chi connectivity index (χ1) is 5.61. The fourth-order valence-electron chi connectivity index (χ4n) is 1.28. The molecular weight excluding hydrogens is 176 g/mol. The van der Waals surface area contributed by atoms with Gasteiger partial charge in [-0.25, -0.2) is 0 Å². The van der Waals surface area contributed by atoms with Crippen LogP contribution in [0.2, 0.25) is 26.2 Å². The molecule has 0 atom stereocenters. The Morgan fingerprint density at radius 3 is 1.58 bits per heavy atom. The first-order valence-corrected chi connectivity index (χ1v) is 10.5. The van der Waals surface area contributed by atoms with Gasteiger partial charge < -0.3 is 0 Å². The maximum Gasteiger partial charge on any atom is 0.0647 e. The largest absolute Gasteiger partial charge is 0.0682 e. The lowest BCUT2D eigenvalue weighted by Gasteiger charge is -2.08. The van der Waals surface area contributed by atoms with Crippen LogP contribution in [0.3, 0.4) is 0 Å². The first-order valence-electron chi connectivity index (χ1n) is 4.71. The molecule has 1 aromatic rings. The van der Waals surface area contributed by atoms with Crippen LogP contribution in [0.15, 0.2) is 24.3 Å². The van der Waals surface area contributed by atoms with Crippen molar-refractivity contribution in [2.45, 2.75) is 26.2 Å². The van der Waals surface area contributed by atoms with Crippen molar-refractivity contribution in [3.8, 4) is 0 Å². The average Bonchev–Trinajstić information content (AvgIpc) is 2.04. The lowest BCUT2D eigenvalue weighted by molar-refractivity contribution is 1.76. The van der Waals surface area contributed by atoms with Gasteiger partial charge in [0.1, 0.15) is 0 Å². The van der Waals surface area contributed by atoms with Gasteiger partial charge in [0.05, 0.1) is 17.6 Å². The molecule has 0 amide bonds. The summed E-state index contributed by atoms with van der Waals surface area (Å²) in [7, 11) is -1.15. The summed E-state index contributed by atoms with van der Waals surface area (Å²) in [5, 5.41) is 3.24. The van der Waals surface area contributed by atoms with Crippen LogP contribution in [0.4, 0.5) is 0 Å². The van der Waals surface area contributed by atoms with E-state index < -0.39 is 17.6 Å². The fraction of sp³-hybridized carbons (Fsp3) is 0.400. The van der Waals surface area contributed by atoms with Crippen LogP contribution in [-0.4, -0.2) is 17.6 Å². The minimum absolute atomic E-state index is 0.576. The van der Waals surface area contributed by atoms with Gasteiger partial charge in [-0.1, -0.05) is 60.8 Å². The van der Waals surface area contributed by atoms with Gasteiger partial charge in [-0.05, 0) is 0 Å². The van der Waals surface area contributed by atoms with Crippen molar-refractivity contribution >= 4 is 28.0 Å². The topological polar surface area (TPSA) is 0 Å². The molecule has 0 aliphatic carbocycles. The molecule has 0 radical (unpaired) electrons. The molecule has 0 saturated heterocycles. The lowest BCUT2D eigenvalue weighted by atomic mass is 10.4. The van der Waals surface area contributed by atoms with Gasteiger partial charge in [-0.3, -0.25) is 0 Å². The molecule has 0 aliphatic heterocycles. The molecule has 12 heavy (non-hydrogen) atoms. The van der Waals surface area contributed by atoms with E-state index in [4.69, 9.17) is 0 Å². The van der Waals surface area contributed by atoms with Crippen molar-refractivity contribution in [2.24, 2.45) is 0 Å². The molecule has 0 nitrogen and oxygen atoms in total. The van der Waals surface area contributed by atoms with Crippen molar-refractivity contribution in [1.82, 2.24) is 0 Å². The monoisotopic (exact) mass is 194 g/mol. The Hall–Kier alpha value is -0.346. The van der Waals surface area contributed by atoms with E-state index in [1.54, 1.807) is 10.4 Å². The van der Waals surface area contributed by atoms with E-state index in [1.165, 1.54) is 0 Å². The molecule has 0 bridgehead atoms. The van der Waals surface area contributed by atoms with E-state index in [2.05, 4.69) is 50.5 Å². The average molecular weight is 194 g/mol. The van der Waals surface area contributed by atoms with E-state index in [9.17, 15) is 0 Å². The highest BCUT2D eigenvalue weighted by atomic mass is 28.3. The molecule has 0 aliphatic rings. The second-order valence-corrected chi connectivity index (χ2v) is 9.93. The third kappa shape index (κ3) is 2.32. The predicted molar refractivity (Wildman–Crippen MR) is 63.5 cm³/mol. The Balaban J connectivity index is 2.96. The third-order valence-corrected chi connectivity index (χ3v) is 5.63. The number of hydrogen-bond acceptors (Lipinski definition) is 0. The van der Waals surface area contributed by atoms with E-state index in [-0.39, 0.29) is 0 Å².